The van der Waals surface area contributed by atoms with Crippen molar-refractivity contribution in [2.45, 2.75) is 26.8 Å². The SMILES string of the molecule is CC(=O)c1c(C)[nH]c(C(=O)N2CCN(C)C[C@@H]2c2ccccc2)c1C. The normalized spacial score (nSPS) is 18.4. The maximum absolute atomic E-state index is 13.3. The Morgan fingerprint density at radius 2 is 1.80 bits per heavy atom. The van der Waals surface area contributed by atoms with Crippen molar-refractivity contribution in [2.24, 2.45) is 0 Å². The first-order valence-electron chi connectivity index (χ1n) is 8.64. The molecule has 2 heterocycles. The molecule has 0 unspecified atom stereocenters. The third kappa shape index (κ3) is 3.24. The van der Waals surface area contributed by atoms with Crippen molar-refractivity contribution < 1.29 is 9.59 Å². The quantitative estimate of drug-likeness (QED) is 0.875. The van der Waals surface area contributed by atoms with Crippen LogP contribution in [0.3, 0.4) is 0 Å². The number of aromatic nitrogens is 1. The Hall–Kier alpha value is -2.40. The van der Waals surface area contributed by atoms with Gasteiger partial charge in [-0.05, 0) is 38.9 Å². The molecule has 0 radical (unpaired) electrons. The highest BCUT2D eigenvalue weighted by Crippen LogP contribution is 2.28. The lowest BCUT2D eigenvalue weighted by atomic mass is 10.0. The number of hydrogen-bond acceptors (Lipinski definition) is 3. The number of carbonyl (C=O) groups excluding carboxylic acids is 2. The third-order valence-electron chi connectivity index (χ3n) is 5.03. The average molecular weight is 339 g/mol. The molecule has 5 nitrogen and oxygen atoms in total. The molecule has 2 aromatic rings. The van der Waals surface area contributed by atoms with Crippen LogP contribution in [-0.2, 0) is 0 Å². The number of nitrogens with one attached hydrogen (secondary N) is 1. The summed E-state index contributed by atoms with van der Waals surface area (Å²) in [7, 11) is 2.08. The number of ketones is 1. The number of benzene rings is 1. The predicted octanol–water partition coefficient (Wildman–Crippen LogP) is 2.96. The monoisotopic (exact) mass is 339 g/mol. The summed E-state index contributed by atoms with van der Waals surface area (Å²) < 4.78 is 0. The first-order valence-corrected chi connectivity index (χ1v) is 8.64. The second-order valence-corrected chi connectivity index (χ2v) is 6.87. The Balaban J connectivity index is 1.97. The Bertz CT molecular complexity index is 795. The van der Waals surface area contributed by atoms with E-state index in [1.54, 1.807) is 6.92 Å². The van der Waals surface area contributed by atoms with E-state index in [1.807, 2.05) is 36.9 Å². The van der Waals surface area contributed by atoms with E-state index in [0.29, 0.717) is 17.8 Å². The summed E-state index contributed by atoms with van der Waals surface area (Å²) in [6.45, 7) is 7.55. The number of nitrogens with zero attached hydrogens (tertiary/aromatic N) is 2. The fraction of sp³-hybridized carbons (Fsp3) is 0.400. The summed E-state index contributed by atoms with van der Waals surface area (Å²) in [6.07, 6.45) is 0. The van der Waals surface area contributed by atoms with E-state index in [4.69, 9.17) is 0 Å². The summed E-state index contributed by atoms with van der Waals surface area (Å²) in [5.74, 6) is -0.0432. The lowest BCUT2D eigenvalue weighted by molar-refractivity contribution is 0.0492. The number of aromatic amines is 1. The lowest BCUT2D eigenvalue weighted by Gasteiger charge is -2.40. The van der Waals surface area contributed by atoms with Gasteiger partial charge in [-0.25, -0.2) is 0 Å². The molecule has 1 aromatic heterocycles. The molecule has 1 fully saturated rings. The molecular weight excluding hydrogens is 314 g/mol. The second kappa shape index (κ2) is 6.84. The highest BCUT2D eigenvalue weighted by atomic mass is 16.2. The van der Waals surface area contributed by atoms with E-state index >= 15 is 0 Å². The molecule has 0 spiro atoms. The standard InChI is InChI=1S/C20H25N3O2/c1-13-18(15(3)24)14(2)21-19(13)20(25)23-11-10-22(4)12-17(23)16-8-6-5-7-9-16/h5-9,17,21H,10-12H2,1-4H3/t17-/m1/s1. The number of amides is 1. The van der Waals surface area contributed by atoms with Gasteiger partial charge in [0, 0.05) is 30.9 Å². The summed E-state index contributed by atoms with van der Waals surface area (Å²) in [5.41, 5.74) is 3.82. The van der Waals surface area contributed by atoms with Gasteiger partial charge in [-0.1, -0.05) is 30.3 Å². The van der Waals surface area contributed by atoms with Crippen molar-refractivity contribution in [3.05, 3.63) is 58.4 Å². The van der Waals surface area contributed by atoms with Crippen LogP contribution < -0.4 is 0 Å². The van der Waals surface area contributed by atoms with Gasteiger partial charge in [0.25, 0.3) is 5.91 Å². The van der Waals surface area contributed by atoms with E-state index in [1.165, 1.54) is 0 Å². The van der Waals surface area contributed by atoms with Gasteiger partial charge in [0.15, 0.2) is 5.78 Å². The molecule has 1 aromatic carbocycles. The number of piperazine rings is 1. The first kappa shape index (κ1) is 17.4. The van der Waals surface area contributed by atoms with Gasteiger partial charge in [0.05, 0.1) is 6.04 Å². The molecule has 0 bridgehead atoms. The Kier molecular flexibility index (Phi) is 4.77. The maximum Gasteiger partial charge on any atom is 0.271 e. The van der Waals surface area contributed by atoms with Crippen LogP contribution in [0.5, 0.6) is 0 Å². The molecule has 132 valence electrons. The molecule has 1 N–H and O–H groups in total. The summed E-state index contributed by atoms with van der Waals surface area (Å²) in [6, 6.07) is 10.1. The maximum atomic E-state index is 13.3. The van der Waals surface area contributed by atoms with Crippen LogP contribution in [0.15, 0.2) is 30.3 Å². The Labute approximate surface area is 148 Å². The molecule has 0 saturated carbocycles. The van der Waals surface area contributed by atoms with Crippen molar-refractivity contribution in [3.8, 4) is 0 Å². The zero-order chi connectivity index (χ0) is 18.1. The van der Waals surface area contributed by atoms with Crippen LogP contribution in [0, 0.1) is 13.8 Å². The highest BCUT2D eigenvalue weighted by Gasteiger charge is 2.33. The van der Waals surface area contributed by atoms with E-state index < -0.39 is 0 Å². The van der Waals surface area contributed by atoms with Crippen LogP contribution in [-0.4, -0.2) is 53.2 Å². The van der Waals surface area contributed by atoms with Gasteiger partial charge < -0.3 is 14.8 Å². The zero-order valence-corrected chi connectivity index (χ0v) is 15.3. The lowest BCUT2D eigenvalue weighted by Crippen LogP contribution is -2.49. The Morgan fingerprint density at radius 1 is 1.12 bits per heavy atom. The number of likely N-dealkylation sites (N-methyl/N-ethyl adjacent to an activating group) is 1. The summed E-state index contributed by atoms with van der Waals surface area (Å²) in [4.78, 5) is 32.5. The van der Waals surface area contributed by atoms with Crippen molar-refractivity contribution in [2.75, 3.05) is 26.7 Å². The van der Waals surface area contributed by atoms with Gasteiger partial charge in [0.1, 0.15) is 5.69 Å². The van der Waals surface area contributed by atoms with Crippen molar-refractivity contribution in [1.82, 2.24) is 14.8 Å². The largest absolute Gasteiger partial charge is 0.354 e. The minimum absolute atomic E-state index is 0.0104. The second-order valence-electron chi connectivity index (χ2n) is 6.87. The molecule has 5 heteroatoms. The smallest absolute Gasteiger partial charge is 0.271 e. The highest BCUT2D eigenvalue weighted by molar-refractivity contribution is 6.02. The average Bonchev–Trinajstić information content (AvgIpc) is 2.89. The van der Waals surface area contributed by atoms with Gasteiger partial charge >= 0.3 is 0 Å². The third-order valence-corrected chi connectivity index (χ3v) is 5.03. The van der Waals surface area contributed by atoms with Crippen LogP contribution in [0.2, 0.25) is 0 Å². The number of aryl methyl sites for hydroxylation is 1. The van der Waals surface area contributed by atoms with Crippen molar-refractivity contribution in [3.63, 3.8) is 0 Å². The van der Waals surface area contributed by atoms with Crippen molar-refractivity contribution in [1.29, 1.82) is 0 Å². The van der Waals surface area contributed by atoms with Gasteiger partial charge in [0.2, 0.25) is 0 Å². The van der Waals surface area contributed by atoms with Gasteiger partial charge in [-0.2, -0.15) is 0 Å². The van der Waals surface area contributed by atoms with Crippen molar-refractivity contribution >= 4 is 11.7 Å². The van der Waals surface area contributed by atoms with Crippen LogP contribution >= 0.6 is 0 Å². The number of H-pyrrole nitrogens is 1. The van der Waals surface area contributed by atoms with E-state index in [9.17, 15) is 9.59 Å². The van der Waals surface area contributed by atoms with E-state index in [0.717, 1.165) is 29.9 Å². The van der Waals surface area contributed by atoms with Crippen LogP contribution in [0.4, 0.5) is 0 Å². The number of Topliss-reactive ketones (excluding diaryl/α,β-unsaturated/α-hetero) is 1. The van der Waals surface area contributed by atoms with Crippen LogP contribution in [0.25, 0.3) is 0 Å². The van der Waals surface area contributed by atoms with Gasteiger partial charge in [-0.3, -0.25) is 9.59 Å². The molecular formula is C20H25N3O2. The molecule has 1 aliphatic heterocycles. The molecule has 1 atom stereocenters. The van der Waals surface area contributed by atoms with E-state index in [-0.39, 0.29) is 17.7 Å². The first-order chi connectivity index (χ1) is 11.9. The zero-order valence-electron chi connectivity index (χ0n) is 15.3. The van der Waals surface area contributed by atoms with E-state index in [2.05, 4.69) is 29.1 Å². The summed E-state index contributed by atoms with van der Waals surface area (Å²) in [5, 5.41) is 0. The number of hydrogen-bond donors (Lipinski definition) is 1. The fourth-order valence-corrected chi connectivity index (χ4v) is 3.76. The fourth-order valence-electron chi connectivity index (χ4n) is 3.76. The van der Waals surface area contributed by atoms with Gasteiger partial charge in [-0.15, -0.1) is 0 Å². The number of carbonyl (C=O) groups is 2. The summed E-state index contributed by atoms with van der Waals surface area (Å²) >= 11 is 0. The predicted molar refractivity (Wildman–Crippen MR) is 98.0 cm³/mol. The minimum Gasteiger partial charge on any atom is -0.354 e. The molecule has 3 rings (SSSR count). The molecule has 0 aliphatic carbocycles. The molecule has 25 heavy (non-hydrogen) atoms. The minimum atomic E-state index is -0.0324. The molecule has 1 saturated heterocycles. The topological polar surface area (TPSA) is 56.4 Å². The Morgan fingerprint density at radius 3 is 2.40 bits per heavy atom. The molecule has 1 aliphatic rings. The van der Waals surface area contributed by atoms with Crippen LogP contribution in [0.1, 0.15) is 50.6 Å². The number of rotatable bonds is 3. The molecule has 1 amide bonds.